The van der Waals surface area contributed by atoms with Crippen molar-refractivity contribution in [1.29, 1.82) is 0 Å². The van der Waals surface area contributed by atoms with Gasteiger partial charge in [0.05, 0.1) is 33.6 Å². The number of carbonyl (C=O) groups is 1. The molecule has 1 saturated heterocycles. The van der Waals surface area contributed by atoms with Crippen molar-refractivity contribution in [1.82, 2.24) is 18.8 Å². The van der Waals surface area contributed by atoms with E-state index in [2.05, 4.69) is 15.1 Å². The fourth-order valence-electron chi connectivity index (χ4n) is 3.55. The number of hydrogen-bond acceptors (Lipinski definition) is 7. The highest BCUT2D eigenvalue weighted by molar-refractivity contribution is 7.87. The minimum Gasteiger partial charge on any atom is -0.493 e. The quantitative estimate of drug-likeness (QED) is 0.668. The Morgan fingerprint density at radius 3 is 2.26 bits per heavy atom. The predicted octanol–water partition coefficient (Wildman–Crippen LogP) is 0.973. The molecule has 0 spiro atoms. The summed E-state index contributed by atoms with van der Waals surface area (Å²) in [6.07, 6.45) is 1.85. The van der Waals surface area contributed by atoms with Gasteiger partial charge in [-0.25, -0.2) is 0 Å². The van der Waals surface area contributed by atoms with Crippen molar-refractivity contribution >= 4 is 21.8 Å². The summed E-state index contributed by atoms with van der Waals surface area (Å²) < 4.78 is 46.6. The number of aryl methyl sites for hydroxylation is 1. The minimum absolute atomic E-state index is 0.235. The Hall–Kier alpha value is -2.83. The summed E-state index contributed by atoms with van der Waals surface area (Å²) in [7, 11) is 3.69. The fraction of sp³-hybridized carbons (Fsp3) is 0.474. The normalized spacial score (nSPS) is 20.8. The molecule has 2 atom stereocenters. The number of benzene rings is 1. The number of amides is 1. The third kappa shape index (κ3) is 4.31. The van der Waals surface area contributed by atoms with Gasteiger partial charge in [0.2, 0.25) is 11.7 Å². The Morgan fingerprint density at radius 1 is 1.16 bits per heavy atom. The molecular formula is C19H27N5O6S. The summed E-state index contributed by atoms with van der Waals surface area (Å²) in [6, 6.07) is 1.65. The summed E-state index contributed by atoms with van der Waals surface area (Å²) in [5.74, 6) is 0.643. The van der Waals surface area contributed by atoms with E-state index in [1.165, 1.54) is 28.4 Å². The van der Waals surface area contributed by atoms with Gasteiger partial charge in [0.25, 0.3) is 10.2 Å². The van der Waals surface area contributed by atoms with Crippen molar-refractivity contribution in [3.8, 4) is 17.2 Å². The lowest BCUT2D eigenvalue weighted by atomic mass is 10.00. The van der Waals surface area contributed by atoms with Crippen LogP contribution in [0.5, 0.6) is 17.2 Å². The molecule has 170 valence electrons. The number of methoxy groups -OCH3 is 3. The highest BCUT2D eigenvalue weighted by atomic mass is 32.2. The first-order valence-corrected chi connectivity index (χ1v) is 10.9. The highest BCUT2D eigenvalue weighted by Gasteiger charge is 2.41. The molecule has 12 heteroatoms. The zero-order valence-corrected chi connectivity index (χ0v) is 19.1. The molecular weight excluding hydrogens is 426 g/mol. The van der Waals surface area contributed by atoms with E-state index >= 15 is 0 Å². The van der Waals surface area contributed by atoms with E-state index in [4.69, 9.17) is 14.2 Å². The molecule has 11 nitrogen and oxygen atoms in total. The molecule has 1 aliphatic rings. The van der Waals surface area contributed by atoms with E-state index in [-0.39, 0.29) is 6.42 Å². The molecule has 2 heterocycles. The van der Waals surface area contributed by atoms with Crippen LogP contribution >= 0.6 is 0 Å². The Morgan fingerprint density at radius 2 is 1.77 bits per heavy atom. The molecule has 1 aromatic carbocycles. The SMILES string of the molecule is COc1cc(NC(=O)[C@@H]2C[C@H](c3cnn(C)c3C)NS(=O)(=O)N2C)cc(OC)c1OC. The number of ether oxygens (including phenoxy) is 3. The lowest BCUT2D eigenvalue weighted by Crippen LogP contribution is -2.56. The van der Waals surface area contributed by atoms with Crippen LogP contribution in [0.25, 0.3) is 0 Å². The maximum atomic E-state index is 13.1. The van der Waals surface area contributed by atoms with Gasteiger partial charge in [-0.15, -0.1) is 0 Å². The molecule has 0 saturated carbocycles. The number of hydrogen-bond donors (Lipinski definition) is 2. The Labute approximate surface area is 181 Å². The molecule has 0 bridgehead atoms. The molecule has 0 radical (unpaired) electrons. The molecule has 0 unspecified atom stereocenters. The van der Waals surface area contributed by atoms with E-state index in [0.717, 1.165) is 15.6 Å². The van der Waals surface area contributed by atoms with E-state index in [9.17, 15) is 13.2 Å². The molecule has 2 aromatic rings. The van der Waals surface area contributed by atoms with Crippen LogP contribution in [0, 0.1) is 6.92 Å². The second-order valence-corrected chi connectivity index (χ2v) is 8.92. The van der Waals surface area contributed by atoms with Crippen LogP contribution in [0.1, 0.15) is 23.7 Å². The van der Waals surface area contributed by atoms with Crippen LogP contribution in [-0.2, 0) is 22.1 Å². The molecule has 2 N–H and O–H groups in total. The number of likely N-dealkylation sites (N-methyl/N-ethyl adjacent to an activating group) is 1. The van der Waals surface area contributed by atoms with E-state index in [1.807, 2.05) is 6.92 Å². The van der Waals surface area contributed by atoms with Crippen molar-refractivity contribution in [3.05, 3.63) is 29.6 Å². The molecule has 1 fully saturated rings. The Kier molecular flexibility index (Phi) is 6.43. The largest absolute Gasteiger partial charge is 0.493 e. The van der Waals surface area contributed by atoms with Crippen molar-refractivity contribution < 1.29 is 27.4 Å². The molecule has 31 heavy (non-hydrogen) atoms. The monoisotopic (exact) mass is 453 g/mol. The van der Waals surface area contributed by atoms with Gasteiger partial charge in [-0.05, 0) is 13.3 Å². The first-order valence-electron chi connectivity index (χ1n) is 9.47. The van der Waals surface area contributed by atoms with E-state index < -0.39 is 28.2 Å². The average Bonchev–Trinajstić information content (AvgIpc) is 3.07. The number of carbonyl (C=O) groups excluding carboxylic acids is 1. The van der Waals surface area contributed by atoms with Gasteiger partial charge in [0.1, 0.15) is 6.04 Å². The summed E-state index contributed by atoms with van der Waals surface area (Å²) in [5.41, 5.74) is 1.93. The minimum atomic E-state index is -3.87. The standard InChI is InChI=1S/C19H27N5O6S/c1-11-13(10-20-23(11)2)14-9-15(24(3)31(26,27)22-14)19(25)21-12-7-16(28-4)18(30-6)17(8-12)29-5/h7-8,10,14-15,22H,9H2,1-6H3,(H,21,25)/t14-,15+/m1/s1. The van der Waals surface area contributed by atoms with E-state index in [0.29, 0.717) is 22.9 Å². The number of aromatic nitrogens is 2. The van der Waals surface area contributed by atoms with Gasteiger partial charge in [-0.1, -0.05) is 0 Å². The van der Waals surface area contributed by atoms with Crippen LogP contribution in [0.4, 0.5) is 5.69 Å². The van der Waals surface area contributed by atoms with Crippen LogP contribution < -0.4 is 24.2 Å². The topological polar surface area (TPSA) is 124 Å². The molecule has 1 aliphatic heterocycles. The summed E-state index contributed by atoms with van der Waals surface area (Å²) in [5, 5.41) is 6.94. The van der Waals surface area contributed by atoms with Crippen LogP contribution in [0.2, 0.25) is 0 Å². The van der Waals surface area contributed by atoms with Crippen molar-refractivity contribution in [2.45, 2.75) is 25.4 Å². The number of rotatable bonds is 6. The summed E-state index contributed by atoms with van der Waals surface area (Å²) in [6.45, 7) is 1.85. The van der Waals surface area contributed by atoms with Gasteiger partial charge in [0.15, 0.2) is 11.5 Å². The highest BCUT2D eigenvalue weighted by Crippen LogP contribution is 2.40. The lowest BCUT2D eigenvalue weighted by Gasteiger charge is -2.36. The summed E-state index contributed by atoms with van der Waals surface area (Å²) in [4.78, 5) is 13.1. The molecule has 3 rings (SSSR count). The smallest absolute Gasteiger partial charge is 0.280 e. The number of nitrogens with zero attached hydrogens (tertiary/aromatic N) is 3. The first-order chi connectivity index (χ1) is 14.6. The Bertz CT molecular complexity index is 1060. The van der Waals surface area contributed by atoms with Crippen molar-refractivity contribution in [3.63, 3.8) is 0 Å². The second kappa shape index (κ2) is 8.73. The van der Waals surface area contributed by atoms with E-state index in [1.54, 1.807) is 30.1 Å². The molecule has 1 aromatic heterocycles. The summed E-state index contributed by atoms with van der Waals surface area (Å²) >= 11 is 0. The van der Waals surface area contributed by atoms with Gasteiger partial charge >= 0.3 is 0 Å². The lowest BCUT2D eigenvalue weighted by molar-refractivity contribution is -0.120. The fourth-order valence-corrected chi connectivity index (χ4v) is 4.82. The average molecular weight is 454 g/mol. The molecule has 1 amide bonds. The predicted molar refractivity (Wildman–Crippen MR) is 114 cm³/mol. The van der Waals surface area contributed by atoms with Crippen molar-refractivity contribution in [2.24, 2.45) is 7.05 Å². The first kappa shape index (κ1) is 22.8. The van der Waals surface area contributed by atoms with Gasteiger partial charge in [-0.2, -0.15) is 22.5 Å². The van der Waals surface area contributed by atoms with Gasteiger partial charge < -0.3 is 19.5 Å². The zero-order chi connectivity index (χ0) is 22.9. The van der Waals surface area contributed by atoms with Gasteiger partial charge in [0, 0.05) is 43.2 Å². The van der Waals surface area contributed by atoms with Crippen LogP contribution in [0.3, 0.4) is 0 Å². The van der Waals surface area contributed by atoms with Crippen molar-refractivity contribution in [2.75, 3.05) is 33.7 Å². The molecule has 0 aliphatic carbocycles. The maximum Gasteiger partial charge on any atom is 0.280 e. The number of nitrogens with one attached hydrogen (secondary N) is 2. The third-order valence-electron chi connectivity index (χ3n) is 5.45. The number of anilines is 1. The van der Waals surface area contributed by atoms with Crippen LogP contribution in [0.15, 0.2) is 18.3 Å². The van der Waals surface area contributed by atoms with Crippen LogP contribution in [-0.4, -0.2) is 62.8 Å². The zero-order valence-electron chi connectivity index (χ0n) is 18.3. The maximum absolute atomic E-state index is 13.1. The Balaban J connectivity index is 1.90. The van der Waals surface area contributed by atoms with Gasteiger partial charge in [-0.3, -0.25) is 9.48 Å². The third-order valence-corrected chi connectivity index (χ3v) is 7.05. The second-order valence-electron chi connectivity index (χ2n) is 7.16.